The van der Waals surface area contributed by atoms with E-state index in [1.807, 2.05) is 33.2 Å². The maximum Gasteiger partial charge on any atom is 0.223 e. The molecule has 0 unspecified atom stereocenters. The van der Waals surface area contributed by atoms with Crippen LogP contribution in [0.3, 0.4) is 0 Å². The van der Waals surface area contributed by atoms with E-state index in [2.05, 4.69) is 20.0 Å². The Bertz CT molecular complexity index is 654. The second-order valence-corrected chi connectivity index (χ2v) is 6.15. The molecule has 0 aliphatic carbocycles. The van der Waals surface area contributed by atoms with E-state index in [1.165, 1.54) is 0 Å². The summed E-state index contributed by atoms with van der Waals surface area (Å²) in [5.74, 6) is 1.90. The van der Waals surface area contributed by atoms with Crippen molar-refractivity contribution in [2.45, 2.75) is 52.6 Å². The summed E-state index contributed by atoms with van der Waals surface area (Å²) in [6.07, 6.45) is 6.31. The van der Waals surface area contributed by atoms with Crippen LogP contribution in [0.15, 0.2) is 16.9 Å². The highest BCUT2D eigenvalue weighted by molar-refractivity contribution is 5.79. The van der Waals surface area contributed by atoms with Gasteiger partial charge in [-0.2, -0.15) is 0 Å². The third-order valence-electron chi connectivity index (χ3n) is 4.42. The van der Waals surface area contributed by atoms with E-state index in [4.69, 9.17) is 4.52 Å². The smallest absolute Gasteiger partial charge is 0.223 e. The molecule has 0 saturated heterocycles. The van der Waals surface area contributed by atoms with Crippen molar-refractivity contribution < 1.29 is 9.32 Å². The maximum atomic E-state index is 12.4. The molecule has 2 aromatic heterocycles. The molecule has 0 radical (unpaired) electrons. The zero-order valence-corrected chi connectivity index (χ0v) is 13.3. The van der Waals surface area contributed by atoms with Crippen molar-refractivity contribution in [2.75, 3.05) is 0 Å². The first-order chi connectivity index (χ1) is 10.5. The van der Waals surface area contributed by atoms with E-state index >= 15 is 0 Å². The molecule has 118 valence electrons. The molecule has 22 heavy (non-hydrogen) atoms. The molecule has 6 heteroatoms. The highest BCUT2D eigenvalue weighted by Gasteiger charge is 2.24. The van der Waals surface area contributed by atoms with Crippen LogP contribution >= 0.6 is 0 Å². The molecule has 0 saturated carbocycles. The lowest BCUT2D eigenvalue weighted by atomic mass is 9.98. The molecule has 0 bridgehead atoms. The number of amides is 1. The molecule has 0 aromatic carbocycles. The Balaban J connectivity index is 1.58. The highest BCUT2D eigenvalue weighted by Crippen LogP contribution is 2.18. The number of aryl methyl sites for hydroxylation is 3. The molecular weight excluding hydrogens is 280 g/mol. The summed E-state index contributed by atoms with van der Waals surface area (Å²) in [6.45, 7) is 6.56. The normalized spacial score (nSPS) is 18.8. The highest BCUT2D eigenvalue weighted by atomic mass is 16.5. The first-order valence-electron chi connectivity index (χ1n) is 7.76. The fourth-order valence-electron chi connectivity index (χ4n) is 3.02. The van der Waals surface area contributed by atoms with Crippen molar-refractivity contribution in [3.05, 3.63) is 35.2 Å². The number of rotatable bonds is 4. The van der Waals surface area contributed by atoms with Crippen LogP contribution in [0.4, 0.5) is 0 Å². The number of carbonyl (C=O) groups excluding carboxylic acids is 1. The van der Waals surface area contributed by atoms with Crippen LogP contribution < -0.4 is 5.32 Å². The van der Waals surface area contributed by atoms with Gasteiger partial charge in [0.25, 0.3) is 0 Å². The minimum Gasteiger partial charge on any atom is -0.361 e. The van der Waals surface area contributed by atoms with Gasteiger partial charge in [-0.3, -0.25) is 4.79 Å². The van der Waals surface area contributed by atoms with E-state index in [0.717, 1.165) is 42.2 Å². The molecule has 3 heterocycles. The molecule has 0 spiro atoms. The Labute approximate surface area is 129 Å². The van der Waals surface area contributed by atoms with E-state index < -0.39 is 0 Å². The van der Waals surface area contributed by atoms with Gasteiger partial charge in [-0.25, -0.2) is 4.98 Å². The van der Waals surface area contributed by atoms with Crippen LogP contribution in [0.5, 0.6) is 0 Å². The largest absolute Gasteiger partial charge is 0.361 e. The molecule has 1 aliphatic rings. The number of hydrogen-bond donors (Lipinski definition) is 1. The van der Waals surface area contributed by atoms with Gasteiger partial charge < -0.3 is 14.4 Å². The summed E-state index contributed by atoms with van der Waals surface area (Å²) >= 11 is 0. The lowest BCUT2D eigenvalue weighted by Crippen LogP contribution is -2.43. The lowest BCUT2D eigenvalue weighted by Gasteiger charge is -2.26. The van der Waals surface area contributed by atoms with Crippen molar-refractivity contribution in [3.8, 4) is 0 Å². The van der Waals surface area contributed by atoms with Crippen LogP contribution in [0.2, 0.25) is 0 Å². The molecule has 6 nitrogen and oxygen atoms in total. The van der Waals surface area contributed by atoms with Gasteiger partial charge in [0.1, 0.15) is 11.6 Å². The Morgan fingerprint density at radius 2 is 2.36 bits per heavy atom. The molecule has 1 amide bonds. The van der Waals surface area contributed by atoms with Crippen LogP contribution in [0.25, 0.3) is 0 Å². The molecule has 1 N–H and O–H groups in total. The van der Waals surface area contributed by atoms with E-state index in [0.29, 0.717) is 6.42 Å². The monoisotopic (exact) mass is 302 g/mol. The third-order valence-corrected chi connectivity index (χ3v) is 4.42. The van der Waals surface area contributed by atoms with Crippen LogP contribution in [-0.4, -0.2) is 26.7 Å². The topological polar surface area (TPSA) is 73.0 Å². The quantitative estimate of drug-likeness (QED) is 0.934. The average Bonchev–Trinajstić information content (AvgIpc) is 3.08. The molecule has 3 rings (SSSR count). The SMILES string of the molecule is Cc1noc(C)c1C[C@@H](C)C(=O)N[C@H]1CCc2nccn2C1. The summed E-state index contributed by atoms with van der Waals surface area (Å²) in [5, 5.41) is 7.11. The third kappa shape index (κ3) is 2.91. The fraction of sp³-hybridized carbons (Fsp3) is 0.562. The Morgan fingerprint density at radius 1 is 1.55 bits per heavy atom. The van der Waals surface area contributed by atoms with Crippen LogP contribution in [0, 0.1) is 19.8 Å². The Kier molecular flexibility index (Phi) is 4.00. The minimum atomic E-state index is -0.0963. The second kappa shape index (κ2) is 5.94. The van der Waals surface area contributed by atoms with Gasteiger partial charge in [-0.1, -0.05) is 12.1 Å². The first-order valence-corrected chi connectivity index (χ1v) is 7.76. The van der Waals surface area contributed by atoms with E-state index in [-0.39, 0.29) is 17.9 Å². The maximum absolute atomic E-state index is 12.4. The number of hydrogen-bond acceptors (Lipinski definition) is 4. The lowest BCUT2D eigenvalue weighted by molar-refractivity contribution is -0.125. The molecule has 2 atom stereocenters. The number of carbonyl (C=O) groups is 1. The summed E-state index contributed by atoms with van der Waals surface area (Å²) in [4.78, 5) is 16.7. The summed E-state index contributed by atoms with van der Waals surface area (Å²) in [5.41, 5.74) is 1.92. The zero-order chi connectivity index (χ0) is 15.7. The zero-order valence-electron chi connectivity index (χ0n) is 13.3. The predicted molar refractivity (Wildman–Crippen MR) is 81.3 cm³/mol. The summed E-state index contributed by atoms with van der Waals surface area (Å²) in [6, 6.07) is 0.182. The van der Waals surface area contributed by atoms with Crippen molar-refractivity contribution >= 4 is 5.91 Å². The number of aromatic nitrogens is 3. The first kappa shape index (κ1) is 14.8. The predicted octanol–water partition coefficient (Wildman–Crippen LogP) is 1.80. The minimum absolute atomic E-state index is 0.0913. The number of fused-ring (bicyclic) bond motifs is 1. The van der Waals surface area contributed by atoms with Gasteiger partial charge in [-0.05, 0) is 26.7 Å². The average molecular weight is 302 g/mol. The van der Waals surface area contributed by atoms with Crippen LogP contribution in [0.1, 0.15) is 36.2 Å². The molecule has 0 fully saturated rings. The van der Waals surface area contributed by atoms with Gasteiger partial charge in [0.15, 0.2) is 0 Å². The van der Waals surface area contributed by atoms with Crippen molar-refractivity contribution in [2.24, 2.45) is 5.92 Å². The van der Waals surface area contributed by atoms with Crippen LogP contribution in [-0.2, 0) is 24.2 Å². The van der Waals surface area contributed by atoms with E-state index in [1.54, 1.807) is 0 Å². The second-order valence-electron chi connectivity index (χ2n) is 6.15. The standard InChI is InChI=1S/C16H22N4O2/c1-10(8-14-11(2)19-22-12(14)3)16(21)18-13-4-5-15-17-6-7-20(15)9-13/h6-7,10,13H,4-5,8-9H2,1-3H3,(H,18,21)/t10-,13+/m1/s1. The summed E-state index contributed by atoms with van der Waals surface area (Å²) in [7, 11) is 0. The van der Waals surface area contributed by atoms with Gasteiger partial charge in [0, 0.05) is 42.9 Å². The van der Waals surface area contributed by atoms with E-state index in [9.17, 15) is 4.79 Å². The summed E-state index contributed by atoms with van der Waals surface area (Å²) < 4.78 is 7.28. The van der Waals surface area contributed by atoms with Gasteiger partial charge >= 0.3 is 0 Å². The molecule has 1 aliphatic heterocycles. The van der Waals surface area contributed by atoms with Crippen molar-refractivity contribution in [3.63, 3.8) is 0 Å². The fourth-order valence-corrected chi connectivity index (χ4v) is 3.02. The number of nitrogens with zero attached hydrogens (tertiary/aromatic N) is 3. The molecule has 2 aromatic rings. The van der Waals surface area contributed by atoms with Gasteiger partial charge in [0.05, 0.1) is 5.69 Å². The number of nitrogens with one attached hydrogen (secondary N) is 1. The number of imidazole rings is 1. The Hall–Kier alpha value is -2.11. The molecular formula is C16H22N4O2. The van der Waals surface area contributed by atoms with Gasteiger partial charge in [0.2, 0.25) is 5.91 Å². The van der Waals surface area contributed by atoms with Gasteiger partial charge in [-0.15, -0.1) is 0 Å². The van der Waals surface area contributed by atoms with Crippen molar-refractivity contribution in [1.82, 2.24) is 20.0 Å². The van der Waals surface area contributed by atoms with Crippen molar-refractivity contribution in [1.29, 1.82) is 0 Å². The Morgan fingerprint density at radius 3 is 3.09 bits per heavy atom.